The van der Waals surface area contributed by atoms with E-state index >= 15 is 0 Å². The van der Waals surface area contributed by atoms with Crippen LogP contribution in [0.2, 0.25) is 0 Å². The van der Waals surface area contributed by atoms with Gasteiger partial charge in [0.1, 0.15) is 11.3 Å². The molecule has 0 aliphatic rings. The van der Waals surface area contributed by atoms with Crippen molar-refractivity contribution in [3.05, 3.63) is 47.3 Å². The second-order valence-electron chi connectivity index (χ2n) is 4.74. The molecule has 3 nitrogen and oxygen atoms in total. The zero-order chi connectivity index (χ0) is 12.9. The number of aromatic nitrogens is 2. The minimum Gasteiger partial charge on any atom is -0.293 e. The monoisotopic (exact) mass is 238 g/mol. The molecule has 0 saturated heterocycles. The lowest BCUT2D eigenvalue weighted by Crippen LogP contribution is -2.00. The minimum absolute atomic E-state index is 0.0363. The number of carbonyl (C=O) groups excluding carboxylic acids is 1. The lowest BCUT2D eigenvalue weighted by molar-refractivity contribution is 0.101. The predicted octanol–water partition coefficient (Wildman–Crippen LogP) is 3.31. The van der Waals surface area contributed by atoms with E-state index in [1.54, 1.807) is 13.1 Å². The zero-order valence-electron chi connectivity index (χ0n) is 10.7. The zero-order valence-corrected chi connectivity index (χ0v) is 10.7. The summed E-state index contributed by atoms with van der Waals surface area (Å²) in [6.45, 7) is 5.70. The first-order valence-corrected chi connectivity index (χ1v) is 5.96. The van der Waals surface area contributed by atoms with E-state index in [1.807, 2.05) is 10.5 Å². The van der Waals surface area contributed by atoms with Gasteiger partial charge in [0, 0.05) is 12.3 Å². The van der Waals surface area contributed by atoms with Gasteiger partial charge >= 0.3 is 0 Å². The number of hydrogen-bond donors (Lipinski definition) is 0. The molecule has 0 spiro atoms. The van der Waals surface area contributed by atoms with Crippen molar-refractivity contribution < 1.29 is 4.79 Å². The number of carbonyl (C=O) groups is 1. The van der Waals surface area contributed by atoms with Crippen molar-refractivity contribution in [3.8, 4) is 0 Å². The Kier molecular flexibility index (Phi) is 2.23. The second-order valence-corrected chi connectivity index (χ2v) is 4.74. The highest BCUT2D eigenvalue weighted by atomic mass is 16.1. The molecule has 2 heterocycles. The maximum Gasteiger partial charge on any atom is 0.178 e. The number of benzene rings is 1. The number of ketones is 1. The molecule has 0 fully saturated rings. The molecule has 1 aromatic carbocycles. The number of imidazole rings is 1. The van der Waals surface area contributed by atoms with E-state index in [4.69, 9.17) is 0 Å². The van der Waals surface area contributed by atoms with Gasteiger partial charge in [0.05, 0.1) is 11.7 Å². The number of fused-ring (bicyclic) bond motifs is 3. The van der Waals surface area contributed by atoms with Crippen molar-refractivity contribution in [1.82, 2.24) is 9.38 Å². The molecule has 2 aromatic heterocycles. The normalized spacial score (nSPS) is 11.3. The van der Waals surface area contributed by atoms with Crippen molar-refractivity contribution in [2.24, 2.45) is 0 Å². The van der Waals surface area contributed by atoms with Gasteiger partial charge < -0.3 is 0 Å². The first kappa shape index (κ1) is 11.0. The van der Waals surface area contributed by atoms with Crippen LogP contribution in [0.5, 0.6) is 0 Å². The highest BCUT2D eigenvalue weighted by molar-refractivity contribution is 5.96. The number of hydrogen-bond acceptors (Lipinski definition) is 2. The van der Waals surface area contributed by atoms with Gasteiger partial charge in [-0.2, -0.15) is 0 Å². The van der Waals surface area contributed by atoms with E-state index in [0.717, 1.165) is 16.6 Å². The Hall–Kier alpha value is -2.16. The van der Waals surface area contributed by atoms with Crippen molar-refractivity contribution in [3.63, 3.8) is 0 Å². The van der Waals surface area contributed by atoms with Gasteiger partial charge in [-0.05, 0) is 37.1 Å². The molecule has 0 aliphatic heterocycles. The molecule has 0 amide bonds. The van der Waals surface area contributed by atoms with Gasteiger partial charge in [-0.3, -0.25) is 9.20 Å². The minimum atomic E-state index is 0.0363. The lowest BCUT2D eigenvalue weighted by Gasteiger charge is -2.08. The average Bonchev–Trinajstić information content (AvgIpc) is 2.72. The number of aryl methyl sites for hydroxylation is 2. The average molecular weight is 238 g/mol. The summed E-state index contributed by atoms with van der Waals surface area (Å²) >= 11 is 0. The molecule has 90 valence electrons. The van der Waals surface area contributed by atoms with Crippen molar-refractivity contribution in [2.75, 3.05) is 0 Å². The van der Waals surface area contributed by atoms with E-state index in [1.165, 1.54) is 11.1 Å². The largest absolute Gasteiger partial charge is 0.293 e. The van der Waals surface area contributed by atoms with Crippen molar-refractivity contribution >= 4 is 22.3 Å². The molecule has 3 heteroatoms. The quantitative estimate of drug-likeness (QED) is 0.609. The Bertz CT molecular complexity index is 784. The fraction of sp³-hybridized carbons (Fsp3) is 0.200. The van der Waals surface area contributed by atoms with Gasteiger partial charge in [-0.15, -0.1) is 0 Å². The van der Waals surface area contributed by atoms with E-state index in [9.17, 15) is 4.79 Å². The van der Waals surface area contributed by atoms with E-state index in [-0.39, 0.29) is 5.78 Å². The van der Waals surface area contributed by atoms with Crippen LogP contribution in [0.1, 0.15) is 28.5 Å². The van der Waals surface area contributed by atoms with Crippen LogP contribution in [0.4, 0.5) is 0 Å². The van der Waals surface area contributed by atoms with Crippen LogP contribution in [-0.2, 0) is 0 Å². The van der Waals surface area contributed by atoms with Crippen LogP contribution in [0.3, 0.4) is 0 Å². The summed E-state index contributed by atoms with van der Waals surface area (Å²) in [5.41, 5.74) is 4.87. The summed E-state index contributed by atoms with van der Waals surface area (Å²) in [6.07, 6.45) is 1.65. The summed E-state index contributed by atoms with van der Waals surface area (Å²) < 4.78 is 1.94. The third-order valence-corrected chi connectivity index (χ3v) is 3.31. The molecular formula is C15H14N2O. The smallest absolute Gasteiger partial charge is 0.178 e. The van der Waals surface area contributed by atoms with Gasteiger partial charge in [-0.1, -0.05) is 12.1 Å². The van der Waals surface area contributed by atoms with Crippen molar-refractivity contribution in [1.29, 1.82) is 0 Å². The first-order valence-electron chi connectivity index (χ1n) is 5.96. The fourth-order valence-electron chi connectivity index (χ4n) is 2.40. The maximum atomic E-state index is 11.7. The van der Waals surface area contributed by atoms with Crippen LogP contribution in [0.25, 0.3) is 16.6 Å². The summed E-state index contributed by atoms with van der Waals surface area (Å²) in [5.74, 6) is 0.0363. The number of pyridine rings is 1. The summed E-state index contributed by atoms with van der Waals surface area (Å²) in [5, 5.41) is 1.16. The van der Waals surface area contributed by atoms with Crippen LogP contribution < -0.4 is 0 Å². The third-order valence-electron chi connectivity index (χ3n) is 3.31. The number of Topliss-reactive ketones (excluding diaryl/α,β-unsaturated/α-hetero) is 1. The predicted molar refractivity (Wildman–Crippen MR) is 72.2 cm³/mol. The number of rotatable bonds is 1. The molecule has 0 N–H and O–H groups in total. The SMILES string of the molecule is CC(=O)c1cnc2cc(C)c3ccc(C)cc3n12. The molecule has 18 heavy (non-hydrogen) atoms. The topological polar surface area (TPSA) is 34.4 Å². The van der Waals surface area contributed by atoms with Crippen LogP contribution in [0, 0.1) is 13.8 Å². The Morgan fingerprint density at radius 3 is 2.72 bits per heavy atom. The van der Waals surface area contributed by atoms with Crippen molar-refractivity contribution in [2.45, 2.75) is 20.8 Å². The Morgan fingerprint density at radius 1 is 1.22 bits per heavy atom. The maximum absolute atomic E-state index is 11.7. The Morgan fingerprint density at radius 2 is 2.00 bits per heavy atom. The first-order chi connectivity index (χ1) is 8.58. The molecule has 0 atom stereocenters. The molecule has 0 saturated carbocycles. The summed E-state index contributed by atoms with van der Waals surface area (Å²) in [6, 6.07) is 8.31. The molecule has 0 aliphatic carbocycles. The van der Waals surface area contributed by atoms with Crippen LogP contribution >= 0.6 is 0 Å². The van der Waals surface area contributed by atoms with Gasteiger partial charge in [0.25, 0.3) is 0 Å². The molecule has 0 unspecified atom stereocenters. The van der Waals surface area contributed by atoms with Gasteiger partial charge in [-0.25, -0.2) is 4.98 Å². The Labute approximate surface area is 105 Å². The highest BCUT2D eigenvalue weighted by Gasteiger charge is 2.12. The standard InChI is InChI=1S/C15H14N2O/c1-9-4-5-12-10(2)7-15-16-8-14(11(3)18)17(15)13(12)6-9/h4-8H,1-3H3. The highest BCUT2D eigenvalue weighted by Crippen LogP contribution is 2.23. The van der Waals surface area contributed by atoms with Crippen LogP contribution in [-0.4, -0.2) is 15.2 Å². The summed E-state index contributed by atoms with van der Waals surface area (Å²) in [4.78, 5) is 16.0. The molecular weight excluding hydrogens is 224 g/mol. The molecule has 0 radical (unpaired) electrons. The third kappa shape index (κ3) is 1.44. The fourth-order valence-corrected chi connectivity index (χ4v) is 2.40. The van der Waals surface area contributed by atoms with Crippen LogP contribution in [0.15, 0.2) is 30.5 Å². The number of nitrogens with zero attached hydrogens (tertiary/aromatic N) is 2. The lowest BCUT2D eigenvalue weighted by atomic mass is 10.1. The van der Waals surface area contributed by atoms with Gasteiger partial charge in [0.2, 0.25) is 0 Å². The van der Waals surface area contributed by atoms with E-state index in [0.29, 0.717) is 5.69 Å². The van der Waals surface area contributed by atoms with Gasteiger partial charge in [0.15, 0.2) is 5.78 Å². The summed E-state index contributed by atoms with van der Waals surface area (Å²) in [7, 11) is 0. The second kappa shape index (κ2) is 3.67. The van der Waals surface area contributed by atoms with E-state index < -0.39 is 0 Å². The molecule has 3 rings (SSSR count). The molecule has 0 bridgehead atoms. The molecule has 3 aromatic rings. The van der Waals surface area contributed by atoms with E-state index in [2.05, 4.69) is 37.0 Å². The Balaban J connectivity index is 2.59.